The highest BCUT2D eigenvalue weighted by atomic mass is 19.1. The predicted octanol–water partition coefficient (Wildman–Crippen LogP) is 3.17. The molecule has 0 fully saturated rings. The molecule has 0 bridgehead atoms. The number of benzene rings is 2. The molecule has 0 aliphatic rings. The number of nitro groups is 1. The van der Waals surface area contributed by atoms with E-state index in [4.69, 9.17) is 4.74 Å². The largest absolute Gasteiger partial charge is 0.454 e. The molecular formula is C17H12FNO5. The lowest BCUT2D eigenvalue weighted by molar-refractivity contribution is -0.385. The molecular weight excluding hydrogens is 317 g/mol. The minimum atomic E-state index is -0.835. The standard InChI is InChI=1S/C17H12FNO5/c18-14-6-3-5-13(10-14)16(20)11-24-17(21)9-8-12-4-1-2-7-15(12)19(22)23/h1-10H,11H2/b9-8+. The summed E-state index contributed by atoms with van der Waals surface area (Å²) in [5.74, 6) is -1.96. The number of esters is 1. The van der Waals surface area contributed by atoms with Crippen LogP contribution in [-0.2, 0) is 9.53 Å². The van der Waals surface area contributed by atoms with E-state index >= 15 is 0 Å². The zero-order valence-electron chi connectivity index (χ0n) is 12.3. The van der Waals surface area contributed by atoms with Crippen molar-refractivity contribution in [2.75, 3.05) is 6.61 Å². The van der Waals surface area contributed by atoms with Gasteiger partial charge in [0, 0.05) is 17.7 Å². The minimum absolute atomic E-state index is 0.0884. The van der Waals surface area contributed by atoms with Crippen LogP contribution >= 0.6 is 0 Å². The molecule has 0 aliphatic carbocycles. The molecule has 24 heavy (non-hydrogen) atoms. The molecule has 6 nitrogen and oxygen atoms in total. The quantitative estimate of drug-likeness (QED) is 0.267. The molecule has 0 saturated carbocycles. The highest BCUT2D eigenvalue weighted by Gasteiger charge is 2.11. The lowest BCUT2D eigenvalue weighted by Gasteiger charge is -2.02. The number of para-hydroxylation sites is 1. The topological polar surface area (TPSA) is 86.5 Å². The molecule has 7 heteroatoms. The van der Waals surface area contributed by atoms with Gasteiger partial charge in [0.05, 0.1) is 10.5 Å². The first-order valence-electron chi connectivity index (χ1n) is 6.84. The molecule has 0 aliphatic heterocycles. The van der Waals surface area contributed by atoms with Crippen LogP contribution in [0.25, 0.3) is 6.08 Å². The summed E-state index contributed by atoms with van der Waals surface area (Å²) < 4.78 is 17.8. The van der Waals surface area contributed by atoms with E-state index in [0.29, 0.717) is 0 Å². The van der Waals surface area contributed by atoms with Gasteiger partial charge in [0.1, 0.15) is 5.82 Å². The van der Waals surface area contributed by atoms with Crippen molar-refractivity contribution in [3.05, 3.63) is 81.7 Å². The van der Waals surface area contributed by atoms with Crippen LogP contribution in [0.5, 0.6) is 0 Å². The van der Waals surface area contributed by atoms with Crippen LogP contribution in [0, 0.1) is 15.9 Å². The maximum atomic E-state index is 13.0. The number of halogens is 1. The molecule has 0 aromatic heterocycles. The van der Waals surface area contributed by atoms with E-state index in [1.807, 2.05) is 0 Å². The number of nitrogens with zero attached hydrogens (tertiary/aromatic N) is 1. The summed E-state index contributed by atoms with van der Waals surface area (Å²) in [7, 11) is 0. The van der Waals surface area contributed by atoms with Crippen LogP contribution < -0.4 is 0 Å². The summed E-state index contributed by atoms with van der Waals surface area (Å²) in [6.45, 7) is -0.552. The van der Waals surface area contributed by atoms with Crippen LogP contribution in [0.4, 0.5) is 10.1 Å². The molecule has 0 unspecified atom stereocenters. The van der Waals surface area contributed by atoms with Crippen molar-refractivity contribution in [1.82, 2.24) is 0 Å². The molecule has 2 aromatic carbocycles. The molecule has 0 radical (unpaired) electrons. The zero-order chi connectivity index (χ0) is 17.5. The summed E-state index contributed by atoms with van der Waals surface area (Å²) in [6, 6.07) is 10.9. The van der Waals surface area contributed by atoms with Crippen molar-refractivity contribution >= 4 is 23.5 Å². The van der Waals surface area contributed by atoms with Gasteiger partial charge in [0.25, 0.3) is 5.69 Å². The number of hydrogen-bond donors (Lipinski definition) is 0. The molecule has 0 atom stereocenters. The van der Waals surface area contributed by atoms with E-state index in [9.17, 15) is 24.1 Å². The fourth-order valence-electron chi connectivity index (χ4n) is 1.88. The lowest BCUT2D eigenvalue weighted by atomic mass is 10.1. The number of Topliss-reactive ketones (excluding diaryl/α,β-unsaturated/α-hetero) is 1. The van der Waals surface area contributed by atoms with Crippen LogP contribution in [-0.4, -0.2) is 23.3 Å². The second-order valence-electron chi connectivity index (χ2n) is 4.69. The fourth-order valence-corrected chi connectivity index (χ4v) is 1.88. The van der Waals surface area contributed by atoms with E-state index in [1.54, 1.807) is 6.07 Å². The summed E-state index contributed by atoms with van der Waals surface area (Å²) in [4.78, 5) is 33.6. The van der Waals surface area contributed by atoms with Crippen LogP contribution in [0.3, 0.4) is 0 Å². The highest BCUT2D eigenvalue weighted by molar-refractivity contribution is 5.98. The zero-order valence-corrected chi connectivity index (χ0v) is 12.3. The van der Waals surface area contributed by atoms with Crippen molar-refractivity contribution in [2.45, 2.75) is 0 Å². The van der Waals surface area contributed by atoms with E-state index in [0.717, 1.165) is 12.1 Å². The first kappa shape index (κ1) is 17.0. The molecule has 0 spiro atoms. The van der Waals surface area contributed by atoms with Gasteiger partial charge in [-0.2, -0.15) is 0 Å². The van der Waals surface area contributed by atoms with Crippen molar-refractivity contribution in [1.29, 1.82) is 0 Å². The second kappa shape index (κ2) is 7.77. The van der Waals surface area contributed by atoms with Gasteiger partial charge < -0.3 is 4.74 Å². The van der Waals surface area contributed by atoms with E-state index in [2.05, 4.69) is 0 Å². The number of nitro benzene ring substituents is 1. The Hall–Kier alpha value is -3.35. The number of carbonyl (C=O) groups is 2. The SMILES string of the molecule is O=C(/C=C/c1ccccc1[N+](=O)[O-])OCC(=O)c1cccc(F)c1. The maximum absolute atomic E-state index is 13.0. The van der Waals surface area contributed by atoms with Crippen molar-refractivity contribution < 1.29 is 23.6 Å². The third kappa shape index (κ3) is 4.57. The average molecular weight is 329 g/mol. The minimum Gasteiger partial charge on any atom is -0.454 e. The summed E-state index contributed by atoms with van der Waals surface area (Å²) in [5.41, 5.74) is 0.166. The van der Waals surface area contributed by atoms with Crippen LogP contribution in [0.15, 0.2) is 54.6 Å². The third-order valence-corrected chi connectivity index (χ3v) is 3.02. The van der Waals surface area contributed by atoms with Gasteiger partial charge in [-0.05, 0) is 24.3 Å². The number of ketones is 1. The first-order valence-corrected chi connectivity index (χ1v) is 6.84. The lowest BCUT2D eigenvalue weighted by Crippen LogP contribution is -2.12. The average Bonchev–Trinajstić information content (AvgIpc) is 2.58. The van der Waals surface area contributed by atoms with E-state index in [-0.39, 0.29) is 16.8 Å². The summed E-state index contributed by atoms with van der Waals surface area (Å²) >= 11 is 0. The number of carbonyl (C=O) groups excluding carboxylic acids is 2. The number of ether oxygens (including phenoxy) is 1. The van der Waals surface area contributed by atoms with Gasteiger partial charge in [0.2, 0.25) is 0 Å². The van der Waals surface area contributed by atoms with Gasteiger partial charge in [-0.3, -0.25) is 14.9 Å². The fraction of sp³-hybridized carbons (Fsp3) is 0.0588. The van der Waals surface area contributed by atoms with E-state index in [1.165, 1.54) is 42.5 Å². The monoisotopic (exact) mass is 329 g/mol. The van der Waals surface area contributed by atoms with Gasteiger partial charge in [-0.1, -0.05) is 24.3 Å². The Kier molecular flexibility index (Phi) is 5.51. The second-order valence-corrected chi connectivity index (χ2v) is 4.69. The smallest absolute Gasteiger partial charge is 0.331 e. The van der Waals surface area contributed by atoms with Crippen molar-refractivity contribution in [3.63, 3.8) is 0 Å². The Morgan fingerprint density at radius 3 is 2.62 bits per heavy atom. The Balaban J connectivity index is 1.96. The predicted molar refractivity (Wildman–Crippen MR) is 83.8 cm³/mol. The Labute approximate surface area is 136 Å². The summed E-state index contributed by atoms with van der Waals surface area (Å²) in [6.07, 6.45) is 2.22. The molecule has 0 N–H and O–H groups in total. The summed E-state index contributed by atoms with van der Waals surface area (Å²) in [5, 5.41) is 10.8. The number of rotatable bonds is 6. The van der Waals surface area contributed by atoms with Crippen molar-refractivity contribution in [2.24, 2.45) is 0 Å². The third-order valence-electron chi connectivity index (χ3n) is 3.02. The van der Waals surface area contributed by atoms with Crippen molar-refractivity contribution in [3.8, 4) is 0 Å². The number of hydrogen-bond acceptors (Lipinski definition) is 5. The van der Waals surface area contributed by atoms with Gasteiger partial charge in [0.15, 0.2) is 12.4 Å². The first-order chi connectivity index (χ1) is 11.5. The van der Waals surface area contributed by atoms with E-state index < -0.39 is 29.1 Å². The van der Waals surface area contributed by atoms with Gasteiger partial charge >= 0.3 is 5.97 Å². The molecule has 2 rings (SSSR count). The molecule has 0 amide bonds. The maximum Gasteiger partial charge on any atom is 0.331 e. The van der Waals surface area contributed by atoms with Crippen LogP contribution in [0.1, 0.15) is 15.9 Å². The molecule has 2 aromatic rings. The normalized spacial score (nSPS) is 10.5. The van der Waals surface area contributed by atoms with Gasteiger partial charge in [-0.25, -0.2) is 9.18 Å². The van der Waals surface area contributed by atoms with Crippen LogP contribution in [0.2, 0.25) is 0 Å². The highest BCUT2D eigenvalue weighted by Crippen LogP contribution is 2.18. The molecule has 0 heterocycles. The molecule has 122 valence electrons. The molecule has 0 saturated heterocycles. The Bertz CT molecular complexity index is 816. The Morgan fingerprint density at radius 1 is 1.17 bits per heavy atom. The Morgan fingerprint density at radius 2 is 1.92 bits per heavy atom. The van der Waals surface area contributed by atoms with Gasteiger partial charge in [-0.15, -0.1) is 0 Å².